The van der Waals surface area contributed by atoms with E-state index in [-0.39, 0.29) is 0 Å². The van der Waals surface area contributed by atoms with Crippen LogP contribution < -0.4 is 16.6 Å². The van der Waals surface area contributed by atoms with Crippen LogP contribution in [0.5, 0.6) is 0 Å². The minimum Gasteiger partial charge on any atom is -0.367 e. The fraction of sp³-hybridized carbons (Fsp3) is 0.538. The van der Waals surface area contributed by atoms with Crippen LogP contribution in [-0.2, 0) is 0 Å². The third-order valence-electron chi connectivity index (χ3n) is 4.00. The SMILES string of the molecule is CC1CC(Nc2nc(NN)nc3sccc23)CCN1C. The van der Waals surface area contributed by atoms with E-state index in [1.54, 1.807) is 11.3 Å². The molecule has 1 aliphatic heterocycles. The van der Waals surface area contributed by atoms with Gasteiger partial charge in [0.2, 0.25) is 5.95 Å². The van der Waals surface area contributed by atoms with Crippen molar-refractivity contribution in [3.05, 3.63) is 11.4 Å². The van der Waals surface area contributed by atoms with Crippen LogP contribution in [0.4, 0.5) is 11.8 Å². The van der Waals surface area contributed by atoms with Crippen LogP contribution in [-0.4, -0.2) is 40.5 Å². The summed E-state index contributed by atoms with van der Waals surface area (Å²) in [5, 5.41) is 6.67. The third kappa shape index (κ3) is 2.56. The number of anilines is 2. The first kappa shape index (κ1) is 13.5. The van der Waals surface area contributed by atoms with Crippen molar-refractivity contribution in [2.24, 2.45) is 5.84 Å². The van der Waals surface area contributed by atoms with Crippen molar-refractivity contribution in [2.75, 3.05) is 24.3 Å². The van der Waals surface area contributed by atoms with Crippen LogP contribution >= 0.6 is 11.3 Å². The number of nitrogen functional groups attached to an aromatic ring is 1. The molecule has 1 fully saturated rings. The van der Waals surface area contributed by atoms with Gasteiger partial charge in [-0.15, -0.1) is 11.3 Å². The lowest BCUT2D eigenvalue weighted by Crippen LogP contribution is -2.42. The molecule has 0 aliphatic carbocycles. The molecule has 0 saturated carbocycles. The Balaban J connectivity index is 1.85. The van der Waals surface area contributed by atoms with E-state index in [0.29, 0.717) is 18.0 Å². The summed E-state index contributed by atoms with van der Waals surface area (Å²) in [7, 11) is 2.18. The molecule has 1 aliphatic rings. The summed E-state index contributed by atoms with van der Waals surface area (Å²) in [6.45, 7) is 3.37. The number of thiophene rings is 1. The lowest BCUT2D eigenvalue weighted by atomic mass is 9.99. The number of hydrazine groups is 1. The molecule has 3 rings (SSSR count). The first-order valence-corrected chi connectivity index (χ1v) is 7.74. The average Bonchev–Trinajstić information content (AvgIpc) is 2.91. The molecule has 7 heteroatoms. The van der Waals surface area contributed by atoms with Gasteiger partial charge in [-0.3, -0.25) is 5.43 Å². The molecule has 2 atom stereocenters. The van der Waals surface area contributed by atoms with E-state index in [1.807, 2.05) is 5.38 Å². The van der Waals surface area contributed by atoms with Crippen molar-refractivity contribution in [3.8, 4) is 0 Å². The highest BCUT2D eigenvalue weighted by Gasteiger charge is 2.23. The van der Waals surface area contributed by atoms with E-state index < -0.39 is 0 Å². The van der Waals surface area contributed by atoms with Crippen LogP contribution in [0.25, 0.3) is 10.2 Å². The Morgan fingerprint density at radius 1 is 1.45 bits per heavy atom. The second-order valence-corrected chi connectivity index (χ2v) is 6.27. The molecule has 0 bridgehead atoms. The zero-order valence-electron chi connectivity index (χ0n) is 11.8. The largest absolute Gasteiger partial charge is 0.367 e. The molecule has 0 radical (unpaired) electrons. The summed E-state index contributed by atoms with van der Waals surface area (Å²) < 4.78 is 0. The summed E-state index contributed by atoms with van der Waals surface area (Å²) in [5.74, 6) is 6.79. The van der Waals surface area contributed by atoms with E-state index in [0.717, 1.165) is 35.4 Å². The van der Waals surface area contributed by atoms with Gasteiger partial charge >= 0.3 is 0 Å². The number of nitrogens with two attached hydrogens (primary N) is 1. The number of rotatable bonds is 3. The molecule has 3 heterocycles. The quantitative estimate of drug-likeness (QED) is 0.592. The molecule has 4 N–H and O–H groups in total. The first-order valence-electron chi connectivity index (χ1n) is 6.86. The Morgan fingerprint density at radius 2 is 2.30 bits per heavy atom. The Bertz CT molecular complexity index is 598. The van der Waals surface area contributed by atoms with Gasteiger partial charge in [0.15, 0.2) is 0 Å². The maximum atomic E-state index is 5.45. The number of aromatic nitrogens is 2. The normalized spacial score (nSPS) is 23.9. The van der Waals surface area contributed by atoms with E-state index in [4.69, 9.17) is 5.84 Å². The number of likely N-dealkylation sites (tertiary alicyclic amines) is 1. The van der Waals surface area contributed by atoms with Gasteiger partial charge in [0.05, 0.1) is 5.39 Å². The molecule has 2 aromatic heterocycles. The van der Waals surface area contributed by atoms with Crippen LogP contribution in [0, 0.1) is 0 Å². The van der Waals surface area contributed by atoms with Gasteiger partial charge in [-0.25, -0.2) is 10.8 Å². The third-order valence-corrected chi connectivity index (χ3v) is 4.81. The highest BCUT2D eigenvalue weighted by molar-refractivity contribution is 7.16. The smallest absolute Gasteiger partial charge is 0.240 e. The molecule has 108 valence electrons. The standard InChI is InChI=1S/C13H20N6S/c1-8-7-9(3-5-19(8)2)15-11-10-4-6-20-12(10)17-13(16-11)18-14/h4,6,8-9H,3,5,7,14H2,1-2H3,(H2,15,16,17,18). The van der Waals surface area contributed by atoms with Gasteiger partial charge in [0, 0.05) is 18.6 Å². The van der Waals surface area contributed by atoms with Gasteiger partial charge in [0.25, 0.3) is 0 Å². The molecule has 0 aromatic carbocycles. The van der Waals surface area contributed by atoms with E-state index in [2.05, 4.69) is 45.6 Å². The van der Waals surface area contributed by atoms with Crippen molar-refractivity contribution in [1.82, 2.24) is 14.9 Å². The van der Waals surface area contributed by atoms with Crippen molar-refractivity contribution in [1.29, 1.82) is 0 Å². The maximum Gasteiger partial charge on any atom is 0.240 e. The molecule has 2 unspecified atom stereocenters. The monoisotopic (exact) mass is 292 g/mol. The number of fused-ring (bicyclic) bond motifs is 1. The minimum atomic E-state index is 0.449. The Kier molecular flexibility index (Phi) is 3.73. The number of hydrogen-bond acceptors (Lipinski definition) is 7. The molecule has 2 aromatic rings. The molecule has 0 amide bonds. The van der Waals surface area contributed by atoms with Crippen molar-refractivity contribution in [3.63, 3.8) is 0 Å². The fourth-order valence-electron chi connectivity index (χ4n) is 2.64. The van der Waals surface area contributed by atoms with Crippen LogP contribution in [0.3, 0.4) is 0 Å². The zero-order valence-corrected chi connectivity index (χ0v) is 12.6. The van der Waals surface area contributed by atoms with Crippen LogP contribution in [0.2, 0.25) is 0 Å². The van der Waals surface area contributed by atoms with Gasteiger partial charge < -0.3 is 10.2 Å². The fourth-order valence-corrected chi connectivity index (χ4v) is 3.41. The summed E-state index contributed by atoms with van der Waals surface area (Å²) in [5.41, 5.74) is 2.54. The predicted molar refractivity (Wildman–Crippen MR) is 84.0 cm³/mol. The molecule has 1 saturated heterocycles. The highest BCUT2D eigenvalue weighted by Crippen LogP contribution is 2.28. The molecular weight excluding hydrogens is 272 g/mol. The number of hydrogen-bond donors (Lipinski definition) is 3. The molecule has 6 nitrogen and oxygen atoms in total. The second kappa shape index (κ2) is 5.51. The van der Waals surface area contributed by atoms with E-state index in [1.165, 1.54) is 0 Å². The van der Waals surface area contributed by atoms with E-state index in [9.17, 15) is 0 Å². The van der Waals surface area contributed by atoms with Crippen molar-refractivity contribution >= 4 is 33.3 Å². The van der Waals surface area contributed by atoms with Gasteiger partial charge in [-0.1, -0.05) is 0 Å². The van der Waals surface area contributed by atoms with Crippen LogP contribution in [0.15, 0.2) is 11.4 Å². The average molecular weight is 292 g/mol. The molecule has 0 spiro atoms. The Hall–Kier alpha value is -1.44. The molecule has 20 heavy (non-hydrogen) atoms. The van der Waals surface area contributed by atoms with Gasteiger partial charge in [-0.05, 0) is 38.3 Å². The zero-order chi connectivity index (χ0) is 14.1. The topological polar surface area (TPSA) is 79.1 Å². The summed E-state index contributed by atoms with van der Waals surface area (Å²) >= 11 is 1.60. The summed E-state index contributed by atoms with van der Waals surface area (Å²) in [6.07, 6.45) is 2.25. The van der Waals surface area contributed by atoms with Crippen LogP contribution in [0.1, 0.15) is 19.8 Å². The summed E-state index contributed by atoms with van der Waals surface area (Å²) in [4.78, 5) is 12.2. The Morgan fingerprint density at radius 3 is 3.05 bits per heavy atom. The van der Waals surface area contributed by atoms with Gasteiger partial charge in [-0.2, -0.15) is 4.98 Å². The van der Waals surface area contributed by atoms with Crippen molar-refractivity contribution in [2.45, 2.75) is 31.8 Å². The van der Waals surface area contributed by atoms with E-state index >= 15 is 0 Å². The van der Waals surface area contributed by atoms with Gasteiger partial charge in [0.1, 0.15) is 10.6 Å². The minimum absolute atomic E-state index is 0.449. The number of nitrogens with zero attached hydrogens (tertiary/aromatic N) is 3. The van der Waals surface area contributed by atoms with Crippen molar-refractivity contribution < 1.29 is 0 Å². The highest BCUT2D eigenvalue weighted by atomic mass is 32.1. The number of piperidine rings is 1. The molecular formula is C13H20N6S. The predicted octanol–water partition coefficient (Wildman–Crippen LogP) is 1.87. The lowest BCUT2D eigenvalue weighted by molar-refractivity contribution is 0.190. The summed E-state index contributed by atoms with van der Waals surface area (Å²) in [6, 6.07) is 3.10. The Labute approximate surface area is 122 Å². The first-order chi connectivity index (χ1) is 9.67. The second-order valence-electron chi connectivity index (χ2n) is 5.37. The maximum absolute atomic E-state index is 5.45. The number of nitrogens with one attached hydrogen (secondary N) is 2. The lowest BCUT2D eigenvalue weighted by Gasteiger charge is -2.35.